The summed E-state index contributed by atoms with van der Waals surface area (Å²) in [6.45, 7) is 0. The molecule has 0 amide bonds. The molecule has 1 atom stereocenters. The van der Waals surface area contributed by atoms with Crippen molar-refractivity contribution in [2.24, 2.45) is 0 Å². The summed E-state index contributed by atoms with van der Waals surface area (Å²) in [4.78, 5) is 10.7. The molecule has 0 fully saturated rings. The highest BCUT2D eigenvalue weighted by Gasteiger charge is 2.32. The second kappa shape index (κ2) is 4.55. The van der Waals surface area contributed by atoms with E-state index in [-0.39, 0.29) is 0 Å². The van der Waals surface area contributed by atoms with Gasteiger partial charge >= 0.3 is 5.97 Å². The van der Waals surface area contributed by atoms with Crippen LogP contribution in [0.1, 0.15) is 17.5 Å². The Morgan fingerprint density at radius 3 is 2.94 bits per heavy atom. The Bertz CT molecular complexity index is 488. The van der Waals surface area contributed by atoms with Crippen molar-refractivity contribution in [3.05, 3.63) is 53.6 Å². The molecular weight excluding hydrogens is 216 g/mol. The summed E-state index contributed by atoms with van der Waals surface area (Å²) in [7, 11) is 1.60. The quantitative estimate of drug-likeness (QED) is 0.812. The van der Waals surface area contributed by atoms with Crippen LogP contribution in [0.25, 0.3) is 6.08 Å². The monoisotopic (exact) mass is 230 g/mol. The zero-order valence-electron chi connectivity index (χ0n) is 9.59. The lowest BCUT2D eigenvalue weighted by Gasteiger charge is -2.32. The zero-order chi connectivity index (χ0) is 12.3. The van der Waals surface area contributed by atoms with E-state index in [0.29, 0.717) is 6.42 Å². The molecule has 0 spiro atoms. The Morgan fingerprint density at radius 2 is 2.24 bits per heavy atom. The molecule has 0 bridgehead atoms. The Labute approximate surface area is 100 Å². The molecule has 1 unspecified atom stereocenters. The lowest BCUT2D eigenvalue weighted by atomic mass is 9.82. The third-order valence-corrected chi connectivity index (χ3v) is 2.99. The molecule has 0 radical (unpaired) electrons. The standard InChI is InChI=1S/C14H14O3/c1-17-14(10-8-13(15)16)9-4-6-11-5-2-3-7-12(11)14/h2-8,10H,9H2,1H3,(H,15,16)/b10-8+. The summed E-state index contributed by atoms with van der Waals surface area (Å²) in [5.41, 5.74) is 1.40. The van der Waals surface area contributed by atoms with Crippen LogP contribution in [0.4, 0.5) is 0 Å². The second-order valence-corrected chi connectivity index (χ2v) is 3.96. The molecule has 1 aromatic carbocycles. The van der Waals surface area contributed by atoms with Crippen LogP contribution in [-0.4, -0.2) is 18.2 Å². The van der Waals surface area contributed by atoms with Gasteiger partial charge in [-0.2, -0.15) is 0 Å². The van der Waals surface area contributed by atoms with Crippen molar-refractivity contribution >= 4 is 12.0 Å². The minimum absolute atomic E-state index is 0.643. The molecule has 0 heterocycles. The molecule has 1 aromatic rings. The predicted molar refractivity (Wildman–Crippen MR) is 65.6 cm³/mol. The van der Waals surface area contributed by atoms with Gasteiger partial charge in [0.2, 0.25) is 0 Å². The third-order valence-electron chi connectivity index (χ3n) is 2.99. The van der Waals surface area contributed by atoms with Crippen molar-refractivity contribution < 1.29 is 14.6 Å². The van der Waals surface area contributed by atoms with Gasteiger partial charge in [-0.05, 0) is 17.2 Å². The van der Waals surface area contributed by atoms with Crippen molar-refractivity contribution in [2.45, 2.75) is 12.0 Å². The maximum Gasteiger partial charge on any atom is 0.328 e. The second-order valence-electron chi connectivity index (χ2n) is 3.96. The molecular formula is C14H14O3. The van der Waals surface area contributed by atoms with E-state index in [9.17, 15) is 4.79 Å². The van der Waals surface area contributed by atoms with Crippen LogP contribution in [0, 0.1) is 0 Å². The number of carboxylic acid groups (broad SMARTS) is 1. The highest BCUT2D eigenvalue weighted by molar-refractivity contribution is 5.80. The van der Waals surface area contributed by atoms with Crippen LogP contribution in [-0.2, 0) is 15.1 Å². The molecule has 0 aliphatic heterocycles. The van der Waals surface area contributed by atoms with Gasteiger partial charge in [-0.15, -0.1) is 0 Å². The number of benzene rings is 1. The van der Waals surface area contributed by atoms with Gasteiger partial charge in [0.05, 0.1) is 0 Å². The predicted octanol–water partition coefficient (Wildman–Crippen LogP) is 2.59. The van der Waals surface area contributed by atoms with Crippen molar-refractivity contribution in [1.82, 2.24) is 0 Å². The van der Waals surface area contributed by atoms with Crippen molar-refractivity contribution in [3.8, 4) is 0 Å². The summed E-state index contributed by atoms with van der Waals surface area (Å²) in [5, 5.41) is 8.74. The number of carbonyl (C=O) groups is 1. The van der Waals surface area contributed by atoms with E-state index in [4.69, 9.17) is 9.84 Å². The Balaban J connectivity index is 2.49. The summed E-state index contributed by atoms with van der Waals surface area (Å²) in [6.07, 6.45) is 7.42. The first kappa shape index (κ1) is 11.6. The van der Waals surface area contributed by atoms with E-state index in [1.54, 1.807) is 13.2 Å². The van der Waals surface area contributed by atoms with Crippen LogP contribution < -0.4 is 0 Å². The third kappa shape index (κ3) is 2.15. The van der Waals surface area contributed by atoms with E-state index >= 15 is 0 Å². The molecule has 3 nitrogen and oxygen atoms in total. The number of rotatable bonds is 3. The minimum Gasteiger partial charge on any atom is -0.478 e. The molecule has 3 heteroatoms. The first-order chi connectivity index (χ1) is 8.18. The molecule has 2 rings (SSSR count). The molecule has 0 saturated heterocycles. The Morgan fingerprint density at radius 1 is 1.47 bits per heavy atom. The molecule has 1 aliphatic rings. The summed E-state index contributed by atoms with van der Waals surface area (Å²) < 4.78 is 5.55. The number of aliphatic carboxylic acids is 1. The highest BCUT2D eigenvalue weighted by Crippen LogP contribution is 2.37. The van der Waals surface area contributed by atoms with Crippen molar-refractivity contribution in [3.63, 3.8) is 0 Å². The number of carboxylic acids is 1. The van der Waals surface area contributed by atoms with Gasteiger partial charge in [0, 0.05) is 19.6 Å². The minimum atomic E-state index is -0.964. The molecule has 0 aromatic heterocycles. The van der Waals surface area contributed by atoms with E-state index < -0.39 is 11.6 Å². The maximum absolute atomic E-state index is 10.7. The van der Waals surface area contributed by atoms with Crippen LogP contribution >= 0.6 is 0 Å². The van der Waals surface area contributed by atoms with Crippen molar-refractivity contribution in [2.75, 3.05) is 7.11 Å². The summed E-state index contributed by atoms with van der Waals surface area (Å²) in [5.74, 6) is -0.964. The SMILES string of the molecule is COC1(/C=C/C(=O)O)CC=Cc2ccccc21. The van der Waals surface area contributed by atoms with Gasteiger partial charge < -0.3 is 9.84 Å². The molecule has 17 heavy (non-hydrogen) atoms. The number of fused-ring (bicyclic) bond motifs is 1. The van der Waals surface area contributed by atoms with Crippen LogP contribution in [0.15, 0.2) is 42.5 Å². The normalized spacial score (nSPS) is 22.6. The fourth-order valence-corrected chi connectivity index (χ4v) is 2.12. The van der Waals surface area contributed by atoms with Crippen molar-refractivity contribution in [1.29, 1.82) is 0 Å². The average Bonchev–Trinajstić information content (AvgIpc) is 2.36. The van der Waals surface area contributed by atoms with Gasteiger partial charge in [0.25, 0.3) is 0 Å². The van der Waals surface area contributed by atoms with E-state index in [1.807, 2.05) is 36.4 Å². The summed E-state index contributed by atoms with van der Waals surface area (Å²) >= 11 is 0. The number of ether oxygens (including phenoxy) is 1. The summed E-state index contributed by atoms with van der Waals surface area (Å²) in [6, 6.07) is 7.85. The topological polar surface area (TPSA) is 46.5 Å². The maximum atomic E-state index is 10.7. The lowest BCUT2D eigenvalue weighted by Crippen LogP contribution is -2.28. The number of hydrogen-bond donors (Lipinski definition) is 1. The van der Waals surface area contributed by atoms with E-state index in [0.717, 1.165) is 17.2 Å². The van der Waals surface area contributed by atoms with Crippen LogP contribution in [0.3, 0.4) is 0 Å². The average molecular weight is 230 g/mol. The number of hydrogen-bond acceptors (Lipinski definition) is 2. The molecule has 1 N–H and O–H groups in total. The first-order valence-electron chi connectivity index (χ1n) is 5.41. The first-order valence-corrected chi connectivity index (χ1v) is 5.41. The number of methoxy groups -OCH3 is 1. The van der Waals surface area contributed by atoms with E-state index in [2.05, 4.69) is 0 Å². The fraction of sp³-hybridized carbons (Fsp3) is 0.214. The Hall–Kier alpha value is -1.87. The smallest absolute Gasteiger partial charge is 0.328 e. The zero-order valence-corrected chi connectivity index (χ0v) is 9.59. The van der Waals surface area contributed by atoms with Gasteiger partial charge in [0.1, 0.15) is 5.60 Å². The lowest BCUT2D eigenvalue weighted by molar-refractivity contribution is -0.131. The van der Waals surface area contributed by atoms with Crippen LogP contribution in [0.2, 0.25) is 0 Å². The molecule has 0 saturated carbocycles. The largest absolute Gasteiger partial charge is 0.478 e. The highest BCUT2D eigenvalue weighted by atomic mass is 16.5. The molecule has 1 aliphatic carbocycles. The van der Waals surface area contributed by atoms with Gasteiger partial charge in [-0.3, -0.25) is 0 Å². The van der Waals surface area contributed by atoms with Gasteiger partial charge in [0.15, 0.2) is 0 Å². The van der Waals surface area contributed by atoms with Gasteiger partial charge in [-0.25, -0.2) is 4.79 Å². The fourth-order valence-electron chi connectivity index (χ4n) is 2.12. The molecule has 88 valence electrons. The van der Waals surface area contributed by atoms with E-state index in [1.165, 1.54) is 0 Å². The van der Waals surface area contributed by atoms with Crippen LogP contribution in [0.5, 0.6) is 0 Å². The van der Waals surface area contributed by atoms with Gasteiger partial charge in [-0.1, -0.05) is 36.4 Å². The Kier molecular flexibility index (Phi) is 3.11.